The van der Waals surface area contributed by atoms with E-state index >= 15 is 0 Å². The summed E-state index contributed by atoms with van der Waals surface area (Å²) in [5.74, 6) is 8.22. The van der Waals surface area contributed by atoms with Crippen LogP contribution >= 0.6 is 0 Å². The lowest BCUT2D eigenvalue weighted by atomic mass is 10.1. The van der Waals surface area contributed by atoms with Gasteiger partial charge in [0.25, 0.3) is 0 Å². The monoisotopic (exact) mass is 440 g/mol. The average Bonchev–Trinajstić information content (AvgIpc) is 2.91. The molecule has 5 aromatic carbocycles. The molecule has 5 aromatic rings. The third-order valence-electron chi connectivity index (χ3n) is 5.51. The third kappa shape index (κ3) is 5.65. The zero-order valence-electron chi connectivity index (χ0n) is 18.8. The van der Waals surface area contributed by atoms with Gasteiger partial charge in [-0.05, 0) is 70.4 Å². The lowest BCUT2D eigenvalue weighted by Gasteiger charge is -2.08. The lowest BCUT2D eigenvalue weighted by Crippen LogP contribution is -1.94. The van der Waals surface area contributed by atoms with Crippen LogP contribution in [-0.4, -0.2) is 0 Å². The second-order valence-corrected chi connectivity index (χ2v) is 8.05. The number of ether oxygens (including phenoxy) is 2. The number of benzene rings is 5. The van der Waals surface area contributed by atoms with Crippen LogP contribution in [0.3, 0.4) is 0 Å². The Morgan fingerprint density at radius 3 is 1.62 bits per heavy atom. The summed E-state index contributed by atoms with van der Waals surface area (Å²) in [6.07, 6.45) is 0. The molecule has 34 heavy (non-hydrogen) atoms. The normalized spacial score (nSPS) is 10.4. The molecule has 0 saturated carbocycles. The first-order chi connectivity index (χ1) is 16.8. The molecule has 0 spiro atoms. The Balaban J connectivity index is 1.22. The van der Waals surface area contributed by atoms with Gasteiger partial charge in [-0.3, -0.25) is 0 Å². The van der Waals surface area contributed by atoms with Crippen LogP contribution in [0.5, 0.6) is 11.5 Å². The van der Waals surface area contributed by atoms with Gasteiger partial charge in [-0.1, -0.05) is 84.6 Å². The van der Waals surface area contributed by atoms with E-state index in [1.54, 1.807) is 0 Å². The maximum atomic E-state index is 5.95. The van der Waals surface area contributed by atoms with E-state index in [9.17, 15) is 0 Å². The quantitative estimate of drug-likeness (QED) is 0.256. The van der Waals surface area contributed by atoms with Crippen LogP contribution in [0.4, 0.5) is 0 Å². The molecule has 0 aliphatic heterocycles. The Labute approximate surface area is 200 Å². The zero-order valence-corrected chi connectivity index (χ0v) is 18.8. The molecule has 5 rings (SSSR count). The van der Waals surface area contributed by atoms with Crippen molar-refractivity contribution in [2.24, 2.45) is 0 Å². The summed E-state index contributed by atoms with van der Waals surface area (Å²) in [6, 6.07) is 40.7. The van der Waals surface area contributed by atoms with Gasteiger partial charge in [0.1, 0.15) is 24.7 Å². The molecule has 0 fully saturated rings. The van der Waals surface area contributed by atoms with E-state index in [4.69, 9.17) is 9.47 Å². The molecular formula is C32H24O2. The fourth-order valence-electron chi connectivity index (χ4n) is 3.65. The van der Waals surface area contributed by atoms with Crippen LogP contribution in [0.25, 0.3) is 10.8 Å². The van der Waals surface area contributed by atoms with Crippen LogP contribution in [0.2, 0.25) is 0 Å². The summed E-state index contributed by atoms with van der Waals surface area (Å²) in [4.78, 5) is 0. The average molecular weight is 441 g/mol. The van der Waals surface area contributed by atoms with Gasteiger partial charge in [-0.15, -0.1) is 0 Å². The van der Waals surface area contributed by atoms with E-state index in [0.717, 1.165) is 44.5 Å². The van der Waals surface area contributed by atoms with E-state index in [0.29, 0.717) is 13.2 Å². The molecule has 0 bridgehead atoms. The summed E-state index contributed by atoms with van der Waals surface area (Å²) in [5, 5.41) is 2.28. The fourth-order valence-corrected chi connectivity index (χ4v) is 3.65. The van der Waals surface area contributed by atoms with E-state index in [-0.39, 0.29) is 0 Å². The molecule has 164 valence electrons. The van der Waals surface area contributed by atoms with Crippen LogP contribution in [-0.2, 0) is 13.2 Å². The topological polar surface area (TPSA) is 18.5 Å². The van der Waals surface area contributed by atoms with E-state index in [1.165, 1.54) is 0 Å². The van der Waals surface area contributed by atoms with Crippen molar-refractivity contribution in [3.63, 3.8) is 0 Å². The van der Waals surface area contributed by atoms with Crippen molar-refractivity contribution in [3.8, 4) is 23.3 Å². The standard InChI is InChI=1S/C32H24O2/c1-3-7-27(8-4-1)23-33-31-18-14-25(15-19-31)11-12-26-13-16-30-22-32(20-17-29(30)21-26)34-24-28-9-5-2-6-10-28/h1-10,13-22H,23-24H2. The van der Waals surface area contributed by atoms with Crippen molar-refractivity contribution >= 4 is 10.8 Å². The molecule has 0 radical (unpaired) electrons. The van der Waals surface area contributed by atoms with Gasteiger partial charge in [0.2, 0.25) is 0 Å². The third-order valence-corrected chi connectivity index (χ3v) is 5.51. The molecule has 0 amide bonds. The molecule has 0 N–H and O–H groups in total. The molecule has 0 heterocycles. The summed E-state index contributed by atoms with van der Waals surface area (Å²) in [6.45, 7) is 1.12. The van der Waals surface area contributed by atoms with Crippen LogP contribution < -0.4 is 9.47 Å². The second-order valence-electron chi connectivity index (χ2n) is 8.05. The van der Waals surface area contributed by atoms with Crippen LogP contribution in [0.1, 0.15) is 22.3 Å². The Bertz CT molecular complexity index is 1430. The first-order valence-corrected chi connectivity index (χ1v) is 11.3. The predicted molar refractivity (Wildman–Crippen MR) is 138 cm³/mol. The second kappa shape index (κ2) is 10.4. The van der Waals surface area contributed by atoms with Crippen LogP contribution in [0, 0.1) is 11.8 Å². The van der Waals surface area contributed by atoms with Crippen LogP contribution in [0.15, 0.2) is 121 Å². The summed E-state index contributed by atoms with van der Waals surface area (Å²) >= 11 is 0. The highest BCUT2D eigenvalue weighted by Gasteiger charge is 2.00. The molecule has 0 unspecified atom stereocenters. The van der Waals surface area contributed by atoms with Crippen molar-refractivity contribution in [1.29, 1.82) is 0 Å². The minimum atomic E-state index is 0.558. The maximum Gasteiger partial charge on any atom is 0.120 e. The smallest absolute Gasteiger partial charge is 0.120 e. The van der Waals surface area contributed by atoms with Gasteiger partial charge < -0.3 is 9.47 Å². The van der Waals surface area contributed by atoms with Gasteiger partial charge in [-0.2, -0.15) is 0 Å². The number of rotatable bonds is 6. The van der Waals surface area contributed by atoms with Gasteiger partial charge in [-0.25, -0.2) is 0 Å². The summed E-state index contributed by atoms with van der Waals surface area (Å²) < 4.78 is 11.8. The molecule has 0 aliphatic carbocycles. The van der Waals surface area contributed by atoms with Crippen molar-refractivity contribution in [2.75, 3.05) is 0 Å². The lowest BCUT2D eigenvalue weighted by molar-refractivity contribution is 0.306. The minimum absolute atomic E-state index is 0.558. The molecule has 0 aliphatic rings. The minimum Gasteiger partial charge on any atom is -0.489 e. The Kier molecular flexibility index (Phi) is 6.55. The Morgan fingerprint density at radius 2 is 0.941 bits per heavy atom. The fraction of sp³-hybridized carbons (Fsp3) is 0.0625. The summed E-state index contributed by atoms with van der Waals surface area (Å²) in [7, 11) is 0. The van der Waals surface area contributed by atoms with Gasteiger partial charge in [0.05, 0.1) is 0 Å². The molecule has 0 atom stereocenters. The van der Waals surface area contributed by atoms with Crippen molar-refractivity contribution in [2.45, 2.75) is 13.2 Å². The van der Waals surface area contributed by atoms with E-state index in [1.807, 2.05) is 72.8 Å². The predicted octanol–water partition coefficient (Wildman–Crippen LogP) is 7.40. The molecular weight excluding hydrogens is 416 g/mol. The maximum absolute atomic E-state index is 5.95. The molecule has 0 saturated heterocycles. The number of fused-ring (bicyclic) bond motifs is 1. The van der Waals surface area contributed by atoms with Crippen molar-refractivity contribution in [1.82, 2.24) is 0 Å². The van der Waals surface area contributed by atoms with E-state index < -0.39 is 0 Å². The number of hydrogen-bond acceptors (Lipinski definition) is 2. The Hall–Kier alpha value is -4.48. The van der Waals surface area contributed by atoms with Crippen molar-refractivity contribution in [3.05, 3.63) is 144 Å². The highest BCUT2D eigenvalue weighted by Crippen LogP contribution is 2.23. The Morgan fingerprint density at radius 1 is 0.441 bits per heavy atom. The van der Waals surface area contributed by atoms with E-state index in [2.05, 4.69) is 60.4 Å². The van der Waals surface area contributed by atoms with Gasteiger partial charge in [0.15, 0.2) is 0 Å². The number of hydrogen-bond donors (Lipinski definition) is 0. The largest absolute Gasteiger partial charge is 0.489 e. The van der Waals surface area contributed by atoms with Crippen molar-refractivity contribution < 1.29 is 9.47 Å². The zero-order chi connectivity index (χ0) is 23.0. The molecule has 0 aromatic heterocycles. The van der Waals surface area contributed by atoms with Gasteiger partial charge >= 0.3 is 0 Å². The highest BCUT2D eigenvalue weighted by molar-refractivity contribution is 5.85. The summed E-state index contributed by atoms with van der Waals surface area (Å²) in [5.41, 5.74) is 4.24. The highest BCUT2D eigenvalue weighted by atomic mass is 16.5. The molecule has 2 nitrogen and oxygen atoms in total. The first-order valence-electron chi connectivity index (χ1n) is 11.3. The van der Waals surface area contributed by atoms with Gasteiger partial charge in [0, 0.05) is 11.1 Å². The molecule has 2 heteroatoms. The SMILES string of the molecule is C(#Cc1ccc2cc(OCc3ccccc3)ccc2c1)c1ccc(OCc2ccccc2)cc1. The first kappa shape index (κ1) is 21.4.